The Bertz CT molecular complexity index is 1300. The lowest BCUT2D eigenvalue weighted by Crippen LogP contribution is -2.54. The molecule has 2 heterocycles. The van der Waals surface area contributed by atoms with Gasteiger partial charge in [-0.25, -0.2) is 4.99 Å². The van der Waals surface area contributed by atoms with Gasteiger partial charge in [0.15, 0.2) is 0 Å². The highest BCUT2D eigenvalue weighted by atomic mass is 35.5. The van der Waals surface area contributed by atoms with Gasteiger partial charge in [0, 0.05) is 28.3 Å². The van der Waals surface area contributed by atoms with Crippen molar-refractivity contribution in [3.05, 3.63) is 106 Å². The maximum absolute atomic E-state index is 11.9. The normalized spacial score (nSPS) is 25.5. The molecule has 0 aromatic heterocycles. The molecular weight excluding hydrogens is 525 g/mol. The molecule has 0 saturated heterocycles. The Balaban J connectivity index is 1.58. The van der Waals surface area contributed by atoms with E-state index in [9.17, 15) is 4.91 Å². The van der Waals surface area contributed by atoms with Gasteiger partial charge in [-0.3, -0.25) is 4.72 Å². The van der Waals surface area contributed by atoms with Crippen LogP contribution < -0.4 is 4.72 Å². The minimum atomic E-state index is -0.748. The second-order valence-corrected chi connectivity index (χ2v) is 10.7. The first-order valence-corrected chi connectivity index (χ1v) is 14.0. The molecule has 2 aromatic rings. The standard InChI is InChI=1S/C28H28Cl2N5OS/c1-19-27(32-36)31-28(33-37-24-15-13-23(30)14-16-24)34-18-25(21-7-5-3-2-4-6-8-21)26(35(19)34)22-11-9-20(17-29)10-12-22/h3,5-16,19,25,27H,2,4,17-18H2,1H3,(H,31,33)/q+1/b5-3?,8-6-,21-7+/t19?,25?,27-/m1/s1. The first-order chi connectivity index (χ1) is 18.1. The molecule has 0 bridgehead atoms. The third kappa shape index (κ3) is 5.54. The number of nitrogens with one attached hydrogen (secondary N) is 1. The second-order valence-electron chi connectivity index (χ2n) is 9.14. The minimum Gasteiger partial charge on any atom is -0.292 e. The van der Waals surface area contributed by atoms with E-state index in [0.717, 1.165) is 34.6 Å². The summed E-state index contributed by atoms with van der Waals surface area (Å²) in [5, 5.41) is 6.21. The van der Waals surface area contributed by atoms with Gasteiger partial charge in [-0.15, -0.1) is 26.2 Å². The summed E-state index contributed by atoms with van der Waals surface area (Å²) in [5.74, 6) is 1.14. The van der Waals surface area contributed by atoms with E-state index < -0.39 is 6.17 Å². The van der Waals surface area contributed by atoms with Gasteiger partial charge in [-0.05, 0) is 77.5 Å². The Kier molecular flexibility index (Phi) is 8.13. The molecule has 0 spiro atoms. The third-order valence-electron chi connectivity index (χ3n) is 6.73. The molecule has 3 aliphatic rings. The second kappa shape index (κ2) is 11.7. The van der Waals surface area contributed by atoms with Crippen molar-refractivity contribution in [1.29, 1.82) is 0 Å². The predicted molar refractivity (Wildman–Crippen MR) is 153 cm³/mol. The lowest BCUT2D eigenvalue weighted by Gasteiger charge is -2.27. The molecule has 2 aliphatic heterocycles. The molecule has 2 aromatic carbocycles. The Labute approximate surface area is 231 Å². The van der Waals surface area contributed by atoms with Crippen LogP contribution in [-0.4, -0.2) is 40.1 Å². The van der Waals surface area contributed by atoms with Crippen LogP contribution in [0.5, 0.6) is 0 Å². The maximum Gasteiger partial charge on any atom is 0.264 e. The first-order valence-electron chi connectivity index (χ1n) is 12.3. The molecule has 0 saturated carbocycles. The highest BCUT2D eigenvalue weighted by Gasteiger charge is 2.51. The minimum absolute atomic E-state index is 0.0706. The monoisotopic (exact) mass is 552 g/mol. The van der Waals surface area contributed by atoms with Gasteiger partial charge < -0.3 is 0 Å². The first kappa shape index (κ1) is 25.8. The molecular formula is C28H28Cl2N5OS+. The number of nitroso groups, excluding NO2 is 1. The SMILES string of the molecule is CC1[C@@H](N=O)N=C(NSc2ccc(Cl)cc2)N2CC(C3=C/C=CCC/C=C\3)C(c3ccc(CCl)cc3)=[N+]12. The average Bonchev–Trinajstić information content (AvgIpc) is 3.30. The molecule has 1 aliphatic carbocycles. The number of aliphatic imine (C=N–C) groups is 1. The number of halogens is 2. The van der Waals surface area contributed by atoms with Crippen molar-refractivity contribution in [2.45, 2.75) is 42.7 Å². The number of hydrazine groups is 1. The fourth-order valence-electron chi connectivity index (χ4n) is 4.83. The third-order valence-corrected chi connectivity index (χ3v) is 8.09. The molecule has 2 unspecified atom stereocenters. The quantitative estimate of drug-likeness (QED) is 0.187. The van der Waals surface area contributed by atoms with Gasteiger partial charge in [0.2, 0.25) is 17.9 Å². The lowest BCUT2D eigenvalue weighted by molar-refractivity contribution is -0.690. The number of nitrogens with zero attached hydrogens (tertiary/aromatic N) is 4. The summed E-state index contributed by atoms with van der Waals surface area (Å²) < 4.78 is 5.57. The number of guanidine groups is 1. The van der Waals surface area contributed by atoms with Gasteiger partial charge in [0.1, 0.15) is 0 Å². The van der Waals surface area contributed by atoms with Crippen molar-refractivity contribution < 1.29 is 4.68 Å². The number of rotatable bonds is 6. The van der Waals surface area contributed by atoms with E-state index in [1.807, 2.05) is 31.2 Å². The van der Waals surface area contributed by atoms with Crippen LogP contribution in [0.1, 0.15) is 30.9 Å². The van der Waals surface area contributed by atoms with Crippen LogP contribution in [0.15, 0.2) is 99.5 Å². The number of benzene rings is 2. The molecule has 0 amide bonds. The molecule has 3 atom stereocenters. The van der Waals surface area contributed by atoms with Crippen molar-refractivity contribution >= 4 is 46.8 Å². The van der Waals surface area contributed by atoms with Gasteiger partial charge >= 0.3 is 0 Å². The molecule has 6 nitrogen and oxygen atoms in total. The van der Waals surface area contributed by atoms with Crippen LogP contribution in [0.4, 0.5) is 0 Å². The summed E-state index contributed by atoms with van der Waals surface area (Å²) in [6, 6.07) is 15.7. The van der Waals surface area contributed by atoms with E-state index in [0.29, 0.717) is 23.4 Å². The van der Waals surface area contributed by atoms with Crippen molar-refractivity contribution in [2.24, 2.45) is 16.1 Å². The van der Waals surface area contributed by atoms with Crippen molar-refractivity contribution in [1.82, 2.24) is 9.73 Å². The summed E-state index contributed by atoms with van der Waals surface area (Å²) in [5.41, 5.74) is 4.49. The summed E-state index contributed by atoms with van der Waals surface area (Å²) in [6.07, 6.45) is 12.3. The number of alkyl halides is 1. The van der Waals surface area contributed by atoms with Gasteiger partial charge in [0.25, 0.3) is 5.96 Å². The molecule has 5 rings (SSSR count). The Morgan fingerprint density at radius 1 is 1.14 bits per heavy atom. The smallest absolute Gasteiger partial charge is 0.264 e. The molecule has 0 radical (unpaired) electrons. The van der Waals surface area contributed by atoms with Crippen molar-refractivity contribution in [3.63, 3.8) is 0 Å². The van der Waals surface area contributed by atoms with Crippen LogP contribution in [0.3, 0.4) is 0 Å². The number of hydrogen-bond acceptors (Lipinski definition) is 6. The Morgan fingerprint density at radius 2 is 1.89 bits per heavy atom. The van der Waals surface area contributed by atoms with Crippen LogP contribution in [0, 0.1) is 10.8 Å². The zero-order chi connectivity index (χ0) is 25.8. The van der Waals surface area contributed by atoms with E-state index >= 15 is 0 Å². The number of hydrogen-bond donors (Lipinski definition) is 1. The molecule has 1 N–H and O–H groups in total. The van der Waals surface area contributed by atoms with E-state index in [1.165, 1.54) is 17.5 Å². The number of hydrazone groups is 1. The Morgan fingerprint density at radius 3 is 2.62 bits per heavy atom. The highest BCUT2D eigenvalue weighted by Crippen LogP contribution is 2.32. The molecule has 0 fully saturated rings. The van der Waals surface area contributed by atoms with Crippen LogP contribution in [0.25, 0.3) is 0 Å². The van der Waals surface area contributed by atoms with E-state index in [2.05, 4.69) is 74.2 Å². The van der Waals surface area contributed by atoms with Crippen LogP contribution >= 0.6 is 35.1 Å². The fourth-order valence-corrected chi connectivity index (χ4v) is 5.77. The van der Waals surface area contributed by atoms with Gasteiger partial charge in [-0.1, -0.05) is 54.1 Å². The van der Waals surface area contributed by atoms with Crippen LogP contribution in [0.2, 0.25) is 5.02 Å². The predicted octanol–water partition coefficient (Wildman–Crippen LogP) is 6.71. The summed E-state index contributed by atoms with van der Waals surface area (Å²) in [7, 11) is 0. The summed E-state index contributed by atoms with van der Waals surface area (Å²) in [4.78, 5) is 17.6. The molecule has 190 valence electrons. The highest BCUT2D eigenvalue weighted by molar-refractivity contribution is 7.98. The number of fused-ring (bicyclic) bond motifs is 1. The van der Waals surface area contributed by atoms with Crippen molar-refractivity contribution in [2.75, 3.05) is 6.54 Å². The van der Waals surface area contributed by atoms with Crippen molar-refractivity contribution in [3.8, 4) is 0 Å². The fraction of sp³-hybridized carbons (Fsp3) is 0.286. The number of allylic oxidation sites excluding steroid dienone is 5. The van der Waals surface area contributed by atoms with E-state index in [1.54, 1.807) is 0 Å². The largest absolute Gasteiger partial charge is 0.292 e. The average molecular weight is 554 g/mol. The summed E-state index contributed by atoms with van der Waals surface area (Å²) in [6.45, 7) is 2.68. The topological polar surface area (TPSA) is 60.1 Å². The van der Waals surface area contributed by atoms with Gasteiger partial charge in [0.05, 0.1) is 12.5 Å². The molecule has 9 heteroatoms. The van der Waals surface area contributed by atoms with Gasteiger partial charge in [-0.2, -0.15) is 0 Å². The maximum atomic E-state index is 11.9. The van der Waals surface area contributed by atoms with Crippen LogP contribution in [-0.2, 0) is 5.88 Å². The zero-order valence-electron chi connectivity index (χ0n) is 20.4. The zero-order valence-corrected chi connectivity index (χ0v) is 22.8. The molecule has 37 heavy (non-hydrogen) atoms. The van der Waals surface area contributed by atoms with E-state index in [-0.39, 0.29) is 12.0 Å². The van der Waals surface area contributed by atoms with E-state index in [4.69, 9.17) is 28.2 Å². The summed E-state index contributed by atoms with van der Waals surface area (Å²) >= 11 is 13.6. The lowest BCUT2D eigenvalue weighted by atomic mass is 9.88. The Hall–Kier alpha value is -2.87.